The van der Waals surface area contributed by atoms with Crippen molar-refractivity contribution in [1.29, 1.82) is 0 Å². The second-order valence-electron chi connectivity index (χ2n) is 10.3. The van der Waals surface area contributed by atoms with Gasteiger partial charge in [-0.05, 0) is 67.6 Å². The quantitative estimate of drug-likeness (QED) is 0.204. The lowest BCUT2D eigenvalue weighted by molar-refractivity contribution is 0.666. The van der Waals surface area contributed by atoms with Crippen LogP contribution in [0.3, 0.4) is 0 Å². The highest BCUT2D eigenvalue weighted by atomic mass is 16.3. The first-order chi connectivity index (χ1) is 20.8. The zero-order valence-corrected chi connectivity index (χ0v) is 23.0. The Labute approximate surface area is 241 Å². The molecule has 0 atom stereocenters. The zero-order chi connectivity index (χ0) is 28.2. The summed E-state index contributed by atoms with van der Waals surface area (Å²) >= 11 is 0. The van der Waals surface area contributed by atoms with Crippen molar-refractivity contribution in [2.24, 2.45) is 0 Å². The molecule has 200 valence electrons. The summed E-state index contributed by atoms with van der Waals surface area (Å²) in [6.07, 6.45) is 5.46. The molecule has 5 aromatic heterocycles. The summed E-state index contributed by atoms with van der Waals surface area (Å²) in [5.74, 6) is 0. The van der Waals surface area contributed by atoms with Crippen LogP contribution in [0.2, 0.25) is 0 Å². The molecule has 0 bridgehead atoms. The van der Waals surface area contributed by atoms with Crippen LogP contribution < -0.4 is 0 Å². The number of pyridine rings is 2. The first-order valence-corrected chi connectivity index (χ1v) is 14.0. The summed E-state index contributed by atoms with van der Waals surface area (Å²) in [7, 11) is 0. The zero-order valence-electron chi connectivity index (χ0n) is 23.0. The van der Waals surface area contributed by atoms with Crippen LogP contribution in [0, 0.1) is 0 Å². The maximum Gasteiger partial charge on any atom is 0.159 e. The fraction of sp³-hybridized carbons (Fsp3) is 0.0270. The van der Waals surface area contributed by atoms with Crippen molar-refractivity contribution in [2.75, 3.05) is 0 Å². The molecule has 9 aromatic rings. The molecule has 0 radical (unpaired) electrons. The van der Waals surface area contributed by atoms with E-state index in [9.17, 15) is 0 Å². The number of nitrogens with zero attached hydrogens (tertiary/aromatic N) is 4. The van der Waals surface area contributed by atoms with Gasteiger partial charge in [-0.2, -0.15) is 0 Å². The van der Waals surface area contributed by atoms with E-state index in [1.807, 2.05) is 31.5 Å². The molecular weight excluding hydrogens is 516 g/mol. The van der Waals surface area contributed by atoms with E-state index in [1.165, 1.54) is 0 Å². The third kappa shape index (κ3) is 3.44. The summed E-state index contributed by atoms with van der Waals surface area (Å²) in [6.45, 7) is 5.25. The van der Waals surface area contributed by atoms with Gasteiger partial charge in [-0.3, -0.25) is 9.97 Å². The Kier molecular flexibility index (Phi) is 5.44. The van der Waals surface area contributed by atoms with Crippen LogP contribution in [-0.4, -0.2) is 19.1 Å². The summed E-state index contributed by atoms with van der Waals surface area (Å²) in [6, 6.07) is 37.9. The summed E-state index contributed by atoms with van der Waals surface area (Å²) in [5.41, 5.74) is 10.2. The third-order valence-electron chi connectivity index (χ3n) is 7.81. The monoisotopic (exact) mass is 542 g/mol. The van der Waals surface area contributed by atoms with E-state index in [0.717, 1.165) is 77.2 Å². The van der Waals surface area contributed by atoms with Crippen LogP contribution in [0.25, 0.3) is 77.2 Å². The molecular formula is C37H26N4O. The summed E-state index contributed by atoms with van der Waals surface area (Å²) in [5, 5.41) is 4.44. The van der Waals surface area contributed by atoms with Crippen molar-refractivity contribution in [3.8, 4) is 11.4 Å². The Hall–Kier alpha value is -5.68. The van der Waals surface area contributed by atoms with Crippen molar-refractivity contribution in [1.82, 2.24) is 19.1 Å². The SMILES string of the molecule is C=CC.c1cc(-n2c3ccccc3c3ncccc32)c2oc3ccc(-n4c5ccccc5c5ncccc54)cc3c2c1. The Balaban J connectivity index is 0.000000856. The van der Waals surface area contributed by atoms with Gasteiger partial charge in [0.2, 0.25) is 0 Å². The number of allylic oxidation sites excluding steroid dienone is 1. The van der Waals surface area contributed by atoms with Crippen LogP contribution in [0.1, 0.15) is 6.92 Å². The van der Waals surface area contributed by atoms with E-state index >= 15 is 0 Å². The van der Waals surface area contributed by atoms with Gasteiger partial charge in [0.25, 0.3) is 0 Å². The maximum atomic E-state index is 6.59. The number of hydrogen-bond donors (Lipinski definition) is 0. The van der Waals surface area contributed by atoms with Gasteiger partial charge in [-0.25, -0.2) is 0 Å². The lowest BCUT2D eigenvalue weighted by atomic mass is 10.1. The van der Waals surface area contributed by atoms with Crippen LogP contribution in [0.4, 0.5) is 0 Å². The standard InChI is InChI=1S/C34H20N4O.C3H6/c1-3-11-26-23(8-1)32-28(14-6-18-35-32)37(26)21-16-17-31-25(20-21)22-10-5-13-30(34(22)39-31)38-27-12-4-2-9-24(27)33-29(38)15-7-19-36-33;1-3-2/h1-20H;3H,1H2,2H3. The fourth-order valence-electron chi connectivity index (χ4n) is 6.19. The first-order valence-electron chi connectivity index (χ1n) is 14.0. The molecule has 9 rings (SSSR count). The molecule has 4 aromatic carbocycles. The highest BCUT2D eigenvalue weighted by molar-refractivity contribution is 6.12. The molecule has 5 heteroatoms. The molecule has 0 saturated carbocycles. The van der Waals surface area contributed by atoms with E-state index in [1.54, 1.807) is 6.08 Å². The van der Waals surface area contributed by atoms with Crippen molar-refractivity contribution >= 4 is 65.8 Å². The van der Waals surface area contributed by atoms with E-state index < -0.39 is 0 Å². The number of para-hydroxylation sites is 3. The van der Waals surface area contributed by atoms with E-state index in [2.05, 4.69) is 113 Å². The summed E-state index contributed by atoms with van der Waals surface area (Å²) < 4.78 is 11.1. The Morgan fingerprint density at radius 1 is 0.595 bits per heavy atom. The van der Waals surface area contributed by atoms with E-state index in [0.29, 0.717) is 0 Å². The summed E-state index contributed by atoms with van der Waals surface area (Å²) in [4.78, 5) is 9.41. The predicted molar refractivity (Wildman–Crippen MR) is 174 cm³/mol. The van der Waals surface area contributed by atoms with Gasteiger partial charge in [0, 0.05) is 39.6 Å². The van der Waals surface area contributed by atoms with E-state index in [4.69, 9.17) is 14.4 Å². The molecule has 0 saturated heterocycles. The van der Waals surface area contributed by atoms with Gasteiger partial charge in [0.1, 0.15) is 5.58 Å². The molecule has 0 amide bonds. The second kappa shape index (κ2) is 9.46. The molecule has 5 heterocycles. The van der Waals surface area contributed by atoms with Gasteiger partial charge >= 0.3 is 0 Å². The first kappa shape index (κ1) is 24.1. The fourth-order valence-corrected chi connectivity index (χ4v) is 6.19. The van der Waals surface area contributed by atoms with Crippen LogP contribution in [-0.2, 0) is 0 Å². The van der Waals surface area contributed by atoms with Crippen molar-refractivity contribution < 1.29 is 4.42 Å². The van der Waals surface area contributed by atoms with Gasteiger partial charge in [-0.1, -0.05) is 54.6 Å². The Bertz CT molecular complexity index is 2350. The highest BCUT2D eigenvalue weighted by Gasteiger charge is 2.19. The molecule has 0 unspecified atom stereocenters. The number of hydrogen-bond acceptors (Lipinski definition) is 3. The largest absolute Gasteiger partial charge is 0.454 e. The predicted octanol–water partition coefficient (Wildman–Crippen LogP) is 9.76. The van der Waals surface area contributed by atoms with E-state index in [-0.39, 0.29) is 0 Å². The number of furan rings is 1. The molecule has 0 N–H and O–H groups in total. The van der Waals surface area contributed by atoms with Crippen LogP contribution in [0.5, 0.6) is 0 Å². The molecule has 5 nitrogen and oxygen atoms in total. The Morgan fingerprint density at radius 3 is 1.86 bits per heavy atom. The second-order valence-corrected chi connectivity index (χ2v) is 10.3. The Morgan fingerprint density at radius 2 is 1.17 bits per heavy atom. The molecule has 0 aliphatic heterocycles. The highest BCUT2D eigenvalue weighted by Crippen LogP contribution is 2.39. The smallest absolute Gasteiger partial charge is 0.159 e. The number of rotatable bonds is 2. The van der Waals surface area contributed by atoms with Gasteiger partial charge < -0.3 is 13.6 Å². The van der Waals surface area contributed by atoms with Crippen molar-refractivity contribution in [2.45, 2.75) is 6.92 Å². The molecule has 42 heavy (non-hydrogen) atoms. The van der Waals surface area contributed by atoms with Crippen molar-refractivity contribution in [3.05, 3.63) is 134 Å². The number of benzene rings is 4. The normalized spacial score (nSPS) is 11.5. The maximum absolute atomic E-state index is 6.59. The lowest BCUT2D eigenvalue weighted by Crippen LogP contribution is -1.94. The van der Waals surface area contributed by atoms with Gasteiger partial charge in [0.15, 0.2) is 5.58 Å². The minimum absolute atomic E-state index is 0.860. The van der Waals surface area contributed by atoms with Gasteiger partial charge in [0.05, 0.1) is 38.8 Å². The average molecular weight is 543 g/mol. The van der Waals surface area contributed by atoms with Crippen molar-refractivity contribution in [3.63, 3.8) is 0 Å². The van der Waals surface area contributed by atoms with Crippen LogP contribution >= 0.6 is 0 Å². The number of aromatic nitrogens is 4. The molecule has 0 spiro atoms. The number of fused-ring (bicyclic) bond motifs is 9. The molecule has 0 fully saturated rings. The minimum Gasteiger partial charge on any atom is -0.454 e. The topological polar surface area (TPSA) is 48.8 Å². The third-order valence-corrected chi connectivity index (χ3v) is 7.81. The molecule has 0 aliphatic rings. The van der Waals surface area contributed by atoms with Gasteiger partial charge in [-0.15, -0.1) is 6.58 Å². The van der Waals surface area contributed by atoms with Crippen LogP contribution in [0.15, 0.2) is 139 Å². The lowest BCUT2D eigenvalue weighted by Gasteiger charge is -2.08. The average Bonchev–Trinajstić information content (AvgIpc) is 3.69. The minimum atomic E-state index is 0.860. The molecule has 0 aliphatic carbocycles.